The van der Waals surface area contributed by atoms with Gasteiger partial charge in [0.2, 0.25) is 0 Å². The second-order valence-electron chi connectivity index (χ2n) is 1.46. The molecule has 0 fully saturated rings. The molecule has 50 valence electrons. The van der Waals surface area contributed by atoms with E-state index in [9.17, 15) is 3.83 Å². The first-order valence-corrected chi connectivity index (χ1v) is 6.46. The van der Waals surface area contributed by atoms with Crippen molar-refractivity contribution in [3.8, 4) is 0 Å². The third-order valence-electron chi connectivity index (χ3n) is 0.727. The molecule has 1 N–H and O–H groups in total. The van der Waals surface area contributed by atoms with Crippen LogP contribution in [0.5, 0.6) is 0 Å². The molecule has 0 saturated heterocycles. The summed E-state index contributed by atoms with van der Waals surface area (Å²) in [4.78, 5) is 0. The van der Waals surface area contributed by atoms with Gasteiger partial charge in [-0.15, -0.1) is 0 Å². The molecule has 0 rings (SSSR count). The summed E-state index contributed by atoms with van der Waals surface area (Å²) < 4.78 is 18.4. The SMILES string of the molecule is O=[Se](O)CCCC[SeH]. The van der Waals surface area contributed by atoms with Crippen LogP contribution in [-0.2, 0) is 3.83 Å². The average molecular weight is 248 g/mol. The van der Waals surface area contributed by atoms with Crippen molar-refractivity contribution < 1.29 is 8.02 Å². The number of unbranched alkanes of at least 4 members (excludes halogenated alkanes) is 1. The van der Waals surface area contributed by atoms with Gasteiger partial charge in [0.25, 0.3) is 0 Å². The van der Waals surface area contributed by atoms with Crippen molar-refractivity contribution in [1.29, 1.82) is 0 Å². The van der Waals surface area contributed by atoms with Crippen molar-refractivity contribution in [2.24, 2.45) is 0 Å². The topological polar surface area (TPSA) is 37.3 Å². The van der Waals surface area contributed by atoms with Gasteiger partial charge in [0.05, 0.1) is 0 Å². The molecule has 8 heavy (non-hydrogen) atoms. The summed E-state index contributed by atoms with van der Waals surface area (Å²) in [5, 5.41) is 1.59. The van der Waals surface area contributed by atoms with Crippen molar-refractivity contribution in [3.63, 3.8) is 0 Å². The van der Waals surface area contributed by atoms with Crippen molar-refractivity contribution in [2.75, 3.05) is 0 Å². The maximum atomic E-state index is 10.1. The Morgan fingerprint density at radius 3 is 2.50 bits per heavy atom. The number of hydrogen-bond acceptors (Lipinski definition) is 1. The van der Waals surface area contributed by atoms with Crippen LogP contribution in [0.4, 0.5) is 0 Å². The van der Waals surface area contributed by atoms with Crippen LogP contribution in [0.15, 0.2) is 0 Å². The fourth-order valence-electron chi connectivity index (χ4n) is 0.337. The Labute approximate surface area is 61.9 Å². The molecular formula is C4H10O2Se2. The monoisotopic (exact) mass is 250 g/mol. The van der Waals surface area contributed by atoms with E-state index in [2.05, 4.69) is 16.0 Å². The van der Waals surface area contributed by atoms with Crippen molar-refractivity contribution in [2.45, 2.75) is 23.5 Å². The van der Waals surface area contributed by atoms with E-state index >= 15 is 0 Å². The standard InChI is InChI=1S/C4H10O2Se2/c5-8(6)4-2-1-3-7/h7H,1-4H2,(H,5,6). The van der Waals surface area contributed by atoms with Gasteiger partial charge in [-0.1, -0.05) is 0 Å². The minimum atomic E-state index is -2.35. The summed E-state index contributed by atoms with van der Waals surface area (Å²) >= 11 is 0.115. The quantitative estimate of drug-likeness (QED) is 0.561. The molecule has 1 atom stereocenters. The normalized spacial score (nSPS) is 13.8. The van der Waals surface area contributed by atoms with Crippen LogP contribution >= 0.6 is 0 Å². The minimum absolute atomic E-state index is 0.526. The molecule has 0 aromatic rings. The maximum absolute atomic E-state index is 10.1. The molecule has 1 unspecified atom stereocenters. The zero-order valence-electron chi connectivity index (χ0n) is 4.54. The second-order valence-corrected chi connectivity index (χ2v) is 4.60. The van der Waals surface area contributed by atoms with Crippen LogP contribution < -0.4 is 0 Å². The van der Waals surface area contributed by atoms with Crippen LogP contribution in [0.25, 0.3) is 0 Å². The zero-order chi connectivity index (χ0) is 6.41. The molecule has 0 aliphatic rings. The van der Waals surface area contributed by atoms with E-state index in [1.165, 1.54) is 0 Å². The molecule has 2 nitrogen and oxygen atoms in total. The second kappa shape index (κ2) is 5.93. The van der Waals surface area contributed by atoms with Crippen molar-refractivity contribution >= 4 is 30.2 Å². The van der Waals surface area contributed by atoms with E-state index in [0.29, 0.717) is 5.32 Å². The first-order valence-electron chi connectivity index (χ1n) is 2.45. The van der Waals surface area contributed by atoms with Gasteiger partial charge < -0.3 is 0 Å². The summed E-state index contributed by atoms with van der Waals surface area (Å²) in [5.74, 6) is 0. The van der Waals surface area contributed by atoms with E-state index in [4.69, 9.17) is 4.19 Å². The molecule has 0 aromatic carbocycles. The fraction of sp³-hybridized carbons (Fsp3) is 1.00. The fourth-order valence-corrected chi connectivity index (χ4v) is 1.75. The van der Waals surface area contributed by atoms with Gasteiger partial charge in [-0.3, -0.25) is 0 Å². The predicted molar refractivity (Wildman–Crippen MR) is 34.7 cm³/mol. The van der Waals surface area contributed by atoms with E-state index in [1.807, 2.05) is 0 Å². The molecule has 0 heterocycles. The molecule has 0 bridgehead atoms. The predicted octanol–water partition coefficient (Wildman–Crippen LogP) is -0.00330. The van der Waals surface area contributed by atoms with Gasteiger partial charge >= 0.3 is 61.7 Å². The van der Waals surface area contributed by atoms with Crippen LogP contribution in [0, 0.1) is 0 Å². The Morgan fingerprint density at radius 2 is 2.12 bits per heavy atom. The summed E-state index contributed by atoms with van der Waals surface area (Å²) in [6, 6.07) is 0. The van der Waals surface area contributed by atoms with Crippen LogP contribution in [-0.4, -0.2) is 34.4 Å². The zero-order valence-corrected chi connectivity index (χ0v) is 8.13. The molecule has 0 saturated carbocycles. The molecule has 0 spiro atoms. The summed E-state index contributed by atoms with van der Waals surface area (Å²) in [5.41, 5.74) is 0. The molecule has 0 aromatic heterocycles. The summed E-state index contributed by atoms with van der Waals surface area (Å²) in [7, 11) is 0. The van der Waals surface area contributed by atoms with Gasteiger partial charge in [-0.25, -0.2) is 0 Å². The first kappa shape index (κ1) is 8.80. The Balaban J connectivity index is 2.82. The molecule has 0 aliphatic heterocycles. The van der Waals surface area contributed by atoms with Crippen molar-refractivity contribution in [3.05, 3.63) is 0 Å². The summed E-state index contributed by atoms with van der Waals surface area (Å²) in [6.07, 6.45) is 1.96. The van der Waals surface area contributed by atoms with Crippen LogP contribution in [0.2, 0.25) is 10.6 Å². The molecule has 0 amide bonds. The number of hydrogen-bond donors (Lipinski definition) is 1. The van der Waals surface area contributed by atoms with E-state index in [-0.39, 0.29) is 0 Å². The number of rotatable bonds is 4. The van der Waals surface area contributed by atoms with Crippen LogP contribution in [0.3, 0.4) is 0 Å². The Hall–Kier alpha value is 0.799. The van der Waals surface area contributed by atoms with Crippen LogP contribution in [0.1, 0.15) is 12.8 Å². The van der Waals surface area contributed by atoms with Gasteiger partial charge in [0.15, 0.2) is 0 Å². The molecule has 0 radical (unpaired) electrons. The van der Waals surface area contributed by atoms with Gasteiger partial charge in [-0.2, -0.15) is 0 Å². The molecule has 4 heteroatoms. The van der Waals surface area contributed by atoms with E-state index < -0.39 is 14.2 Å². The molecule has 0 aliphatic carbocycles. The average Bonchev–Trinajstić information content (AvgIpc) is 1.66. The van der Waals surface area contributed by atoms with Gasteiger partial charge in [0.1, 0.15) is 0 Å². The first-order chi connectivity index (χ1) is 3.77. The van der Waals surface area contributed by atoms with Gasteiger partial charge in [-0.05, 0) is 0 Å². The summed E-state index contributed by atoms with van der Waals surface area (Å²) in [6.45, 7) is 0. The van der Waals surface area contributed by atoms with Crippen molar-refractivity contribution in [1.82, 2.24) is 0 Å². The third kappa shape index (κ3) is 6.80. The Kier molecular flexibility index (Phi) is 6.52. The molecular weight excluding hydrogens is 238 g/mol. The van der Waals surface area contributed by atoms with E-state index in [1.54, 1.807) is 0 Å². The van der Waals surface area contributed by atoms with E-state index in [0.717, 1.165) is 18.2 Å². The van der Waals surface area contributed by atoms with Gasteiger partial charge in [0, 0.05) is 0 Å². The Bertz CT molecular complexity index is 74.4. The Morgan fingerprint density at radius 1 is 1.50 bits per heavy atom. The third-order valence-corrected chi connectivity index (χ3v) is 2.73.